The summed E-state index contributed by atoms with van der Waals surface area (Å²) in [6, 6.07) is 7.28. The Bertz CT molecular complexity index is 335. The maximum absolute atomic E-state index is 10.7. The zero-order chi connectivity index (χ0) is 11.3. The first-order valence-electron chi connectivity index (χ1n) is 4.56. The van der Waals surface area contributed by atoms with Gasteiger partial charge in [0.2, 0.25) is 0 Å². The van der Waals surface area contributed by atoms with Crippen molar-refractivity contribution in [2.45, 2.75) is 12.5 Å². The molecule has 1 rings (SSSR count). The molecule has 0 aromatic heterocycles. The van der Waals surface area contributed by atoms with Crippen molar-refractivity contribution in [2.75, 3.05) is 14.2 Å². The van der Waals surface area contributed by atoms with Gasteiger partial charge in [0.15, 0.2) is 6.10 Å². The van der Waals surface area contributed by atoms with Gasteiger partial charge in [-0.25, -0.2) is 4.79 Å². The Labute approximate surface area is 88.4 Å². The minimum absolute atomic E-state index is 0.336. The molecule has 1 atom stereocenters. The first-order chi connectivity index (χ1) is 7.17. The first kappa shape index (κ1) is 11.5. The van der Waals surface area contributed by atoms with Crippen LogP contribution in [0.2, 0.25) is 0 Å². The van der Waals surface area contributed by atoms with Gasteiger partial charge in [-0.3, -0.25) is 0 Å². The van der Waals surface area contributed by atoms with Gasteiger partial charge in [0.05, 0.1) is 7.11 Å². The molecule has 0 saturated heterocycles. The Morgan fingerprint density at radius 1 is 1.47 bits per heavy atom. The molecular weight excluding hydrogens is 196 g/mol. The van der Waals surface area contributed by atoms with Gasteiger partial charge in [0, 0.05) is 13.5 Å². The van der Waals surface area contributed by atoms with E-state index in [1.54, 1.807) is 13.2 Å². The van der Waals surface area contributed by atoms with Crippen LogP contribution in [0.5, 0.6) is 5.75 Å². The number of hydrogen-bond donors (Lipinski definition) is 1. The predicted molar refractivity (Wildman–Crippen MR) is 55.1 cm³/mol. The maximum atomic E-state index is 10.7. The monoisotopic (exact) mass is 210 g/mol. The lowest BCUT2D eigenvalue weighted by atomic mass is 10.1. The lowest BCUT2D eigenvalue weighted by molar-refractivity contribution is -0.148. The quantitative estimate of drug-likeness (QED) is 0.796. The number of carbonyl (C=O) groups is 1. The lowest BCUT2D eigenvalue weighted by Gasteiger charge is -2.10. The number of carboxylic acids is 1. The molecule has 0 saturated carbocycles. The molecule has 0 spiro atoms. The Kier molecular flexibility index (Phi) is 4.12. The molecule has 0 aliphatic rings. The molecule has 0 bridgehead atoms. The molecule has 0 aliphatic carbocycles. The number of hydrogen-bond acceptors (Lipinski definition) is 3. The molecule has 0 unspecified atom stereocenters. The summed E-state index contributed by atoms with van der Waals surface area (Å²) in [5.74, 6) is -0.243. The highest BCUT2D eigenvalue weighted by Gasteiger charge is 2.16. The molecule has 0 heterocycles. The van der Waals surface area contributed by atoms with Gasteiger partial charge in [-0.2, -0.15) is 0 Å². The highest BCUT2D eigenvalue weighted by Crippen LogP contribution is 2.14. The van der Waals surface area contributed by atoms with Gasteiger partial charge in [-0.1, -0.05) is 12.1 Å². The first-order valence-corrected chi connectivity index (χ1v) is 4.56. The van der Waals surface area contributed by atoms with Crippen LogP contribution < -0.4 is 4.74 Å². The van der Waals surface area contributed by atoms with Crippen molar-refractivity contribution >= 4 is 5.97 Å². The molecule has 15 heavy (non-hydrogen) atoms. The maximum Gasteiger partial charge on any atom is 0.333 e. The van der Waals surface area contributed by atoms with Gasteiger partial charge in [0.25, 0.3) is 0 Å². The minimum atomic E-state index is -0.958. The van der Waals surface area contributed by atoms with Crippen molar-refractivity contribution in [3.05, 3.63) is 29.8 Å². The number of rotatable bonds is 5. The third-order valence-electron chi connectivity index (χ3n) is 2.12. The zero-order valence-corrected chi connectivity index (χ0v) is 8.77. The molecule has 0 amide bonds. The summed E-state index contributed by atoms with van der Waals surface area (Å²) in [5, 5.41) is 8.80. The highest BCUT2D eigenvalue weighted by molar-refractivity contribution is 5.72. The van der Waals surface area contributed by atoms with Crippen LogP contribution in [-0.4, -0.2) is 31.4 Å². The summed E-state index contributed by atoms with van der Waals surface area (Å²) >= 11 is 0. The van der Waals surface area contributed by atoms with Crippen molar-refractivity contribution in [2.24, 2.45) is 0 Å². The summed E-state index contributed by atoms with van der Waals surface area (Å²) < 4.78 is 9.89. The molecule has 0 radical (unpaired) electrons. The van der Waals surface area contributed by atoms with Gasteiger partial charge < -0.3 is 14.6 Å². The van der Waals surface area contributed by atoms with E-state index in [0.717, 1.165) is 5.56 Å². The Hall–Kier alpha value is -1.55. The van der Waals surface area contributed by atoms with E-state index in [-0.39, 0.29) is 0 Å². The van der Waals surface area contributed by atoms with Crippen LogP contribution in [0.3, 0.4) is 0 Å². The SMILES string of the molecule is COc1cccc(C[C@@H](OC)C(=O)O)c1. The largest absolute Gasteiger partial charge is 0.497 e. The molecule has 4 heteroatoms. The summed E-state index contributed by atoms with van der Waals surface area (Å²) in [7, 11) is 2.96. The van der Waals surface area contributed by atoms with Crippen molar-refractivity contribution < 1.29 is 19.4 Å². The van der Waals surface area contributed by atoms with Crippen LogP contribution in [0.4, 0.5) is 0 Å². The van der Waals surface area contributed by atoms with E-state index in [9.17, 15) is 4.79 Å². The van der Waals surface area contributed by atoms with E-state index < -0.39 is 12.1 Å². The highest BCUT2D eigenvalue weighted by atomic mass is 16.5. The third kappa shape index (κ3) is 3.25. The predicted octanol–water partition coefficient (Wildman–Crippen LogP) is 1.34. The van der Waals surface area contributed by atoms with Crippen molar-refractivity contribution in [3.63, 3.8) is 0 Å². The van der Waals surface area contributed by atoms with E-state index in [0.29, 0.717) is 12.2 Å². The molecule has 0 fully saturated rings. The molecule has 1 N–H and O–H groups in total. The zero-order valence-electron chi connectivity index (χ0n) is 8.77. The molecular formula is C11H14O4. The average Bonchev–Trinajstić information content (AvgIpc) is 2.25. The van der Waals surface area contributed by atoms with Gasteiger partial charge in [-0.05, 0) is 17.7 Å². The van der Waals surface area contributed by atoms with Crippen LogP contribution in [0, 0.1) is 0 Å². The molecule has 0 aliphatic heterocycles. The molecule has 82 valence electrons. The second-order valence-electron chi connectivity index (χ2n) is 3.12. The number of methoxy groups -OCH3 is 2. The van der Waals surface area contributed by atoms with Crippen LogP contribution in [0.25, 0.3) is 0 Å². The van der Waals surface area contributed by atoms with Crippen molar-refractivity contribution in [1.29, 1.82) is 0 Å². The second-order valence-corrected chi connectivity index (χ2v) is 3.12. The van der Waals surface area contributed by atoms with E-state index in [4.69, 9.17) is 14.6 Å². The van der Waals surface area contributed by atoms with Crippen LogP contribution in [-0.2, 0) is 16.0 Å². The van der Waals surface area contributed by atoms with Crippen molar-refractivity contribution in [3.8, 4) is 5.75 Å². The molecule has 1 aromatic rings. The number of ether oxygens (including phenoxy) is 2. The summed E-state index contributed by atoms with van der Waals surface area (Å²) in [4.78, 5) is 10.7. The Balaban J connectivity index is 2.74. The number of aliphatic carboxylic acids is 1. The fraction of sp³-hybridized carbons (Fsp3) is 0.364. The number of carboxylic acid groups (broad SMARTS) is 1. The van der Waals surface area contributed by atoms with E-state index in [1.807, 2.05) is 18.2 Å². The van der Waals surface area contributed by atoms with Gasteiger partial charge in [-0.15, -0.1) is 0 Å². The smallest absolute Gasteiger partial charge is 0.333 e. The summed E-state index contributed by atoms with van der Waals surface area (Å²) in [6.07, 6.45) is -0.472. The fourth-order valence-electron chi connectivity index (χ4n) is 1.28. The number of benzene rings is 1. The van der Waals surface area contributed by atoms with Gasteiger partial charge in [0.1, 0.15) is 5.75 Å². The molecule has 1 aromatic carbocycles. The normalized spacial score (nSPS) is 12.1. The topological polar surface area (TPSA) is 55.8 Å². The standard InChI is InChI=1S/C11H14O4/c1-14-9-5-3-4-8(6-9)7-10(15-2)11(12)13/h3-6,10H,7H2,1-2H3,(H,12,13)/t10-/m1/s1. The average molecular weight is 210 g/mol. The van der Waals surface area contributed by atoms with Gasteiger partial charge >= 0.3 is 5.97 Å². The van der Waals surface area contributed by atoms with E-state index >= 15 is 0 Å². The van der Waals surface area contributed by atoms with Crippen molar-refractivity contribution in [1.82, 2.24) is 0 Å². The van der Waals surface area contributed by atoms with E-state index in [2.05, 4.69) is 0 Å². The Morgan fingerprint density at radius 3 is 2.73 bits per heavy atom. The summed E-state index contributed by atoms with van der Waals surface area (Å²) in [5.41, 5.74) is 0.878. The molecule has 4 nitrogen and oxygen atoms in total. The van der Waals surface area contributed by atoms with Crippen LogP contribution in [0.1, 0.15) is 5.56 Å². The minimum Gasteiger partial charge on any atom is -0.497 e. The summed E-state index contributed by atoms with van der Waals surface area (Å²) in [6.45, 7) is 0. The second kappa shape index (κ2) is 5.36. The lowest BCUT2D eigenvalue weighted by Crippen LogP contribution is -2.24. The Morgan fingerprint density at radius 2 is 2.20 bits per heavy atom. The fourth-order valence-corrected chi connectivity index (χ4v) is 1.28. The van der Waals surface area contributed by atoms with Crippen LogP contribution >= 0.6 is 0 Å². The van der Waals surface area contributed by atoms with E-state index in [1.165, 1.54) is 7.11 Å². The van der Waals surface area contributed by atoms with Crippen LogP contribution in [0.15, 0.2) is 24.3 Å². The third-order valence-corrected chi connectivity index (χ3v) is 2.12.